The number of alkyl halides is 3. The van der Waals surface area contributed by atoms with Crippen molar-refractivity contribution in [3.8, 4) is 11.1 Å². The van der Waals surface area contributed by atoms with Crippen LogP contribution in [-0.2, 0) is 58.7 Å². The number of carboxylic acid groups (broad SMARTS) is 1. The molecule has 2 aromatic heterocycles. The topological polar surface area (TPSA) is 176 Å². The SMILES string of the molecule is CCN(CC)CCN(C)Cc1nnc(Cn2c(SCc3ccc(F)cc3)nc(=O)c3c2CCC3)n1Cc1ccc(-c2ccc(C(F)(F)F)cc2)cc1.O=COC(O)C(O)C(=O)O. The normalized spacial score (nSPS) is 13.4. The number of hydrogen-bond donors (Lipinski definition) is 3. The molecular weight excluding hydrogens is 835 g/mol. The van der Waals surface area contributed by atoms with Gasteiger partial charge in [-0.3, -0.25) is 14.5 Å². The molecule has 2 unspecified atom stereocenters. The van der Waals surface area contributed by atoms with E-state index in [9.17, 15) is 31.9 Å². The minimum absolute atomic E-state index is 0.156. The predicted molar refractivity (Wildman–Crippen MR) is 223 cm³/mol. The van der Waals surface area contributed by atoms with Gasteiger partial charge in [0.2, 0.25) is 12.4 Å². The molecule has 3 N–H and O–H groups in total. The smallest absolute Gasteiger partial charge is 0.416 e. The van der Waals surface area contributed by atoms with Gasteiger partial charge < -0.3 is 34.1 Å². The number of benzene rings is 3. The first kappa shape index (κ1) is 47.6. The van der Waals surface area contributed by atoms with Crippen LogP contribution in [0.25, 0.3) is 11.1 Å². The van der Waals surface area contributed by atoms with Crippen LogP contribution < -0.4 is 5.56 Å². The lowest BCUT2D eigenvalue weighted by Crippen LogP contribution is -2.35. The number of carbonyl (C=O) groups is 2. The van der Waals surface area contributed by atoms with E-state index in [0.717, 1.165) is 90.7 Å². The molecule has 3 aromatic carbocycles. The van der Waals surface area contributed by atoms with E-state index < -0.39 is 30.1 Å². The summed E-state index contributed by atoms with van der Waals surface area (Å²) in [7, 11) is 2.07. The molecular formula is C43H49F4N7O7S. The molecule has 5 aromatic rings. The van der Waals surface area contributed by atoms with Gasteiger partial charge in [0.05, 0.1) is 25.2 Å². The fourth-order valence-electron chi connectivity index (χ4n) is 6.78. The molecule has 62 heavy (non-hydrogen) atoms. The van der Waals surface area contributed by atoms with Crippen molar-refractivity contribution in [2.75, 3.05) is 33.2 Å². The second-order valence-corrected chi connectivity index (χ2v) is 15.5. The number of nitrogens with zero attached hydrogens (tertiary/aromatic N) is 7. The first-order valence-corrected chi connectivity index (χ1v) is 20.9. The van der Waals surface area contributed by atoms with Crippen LogP contribution in [-0.4, -0.2) is 107 Å². The van der Waals surface area contributed by atoms with E-state index in [0.29, 0.717) is 42.5 Å². The molecule has 0 fully saturated rings. The Bertz CT molecular complexity index is 2300. The van der Waals surface area contributed by atoms with Crippen molar-refractivity contribution in [1.29, 1.82) is 0 Å². The average molecular weight is 884 g/mol. The van der Waals surface area contributed by atoms with Crippen molar-refractivity contribution >= 4 is 24.2 Å². The minimum Gasteiger partial charge on any atom is -0.479 e. The number of carbonyl (C=O) groups excluding carboxylic acids is 1. The molecule has 2 atom stereocenters. The summed E-state index contributed by atoms with van der Waals surface area (Å²) < 4.78 is 60.9. The van der Waals surface area contributed by atoms with Crippen LogP contribution in [0.5, 0.6) is 0 Å². The Morgan fingerprint density at radius 1 is 0.887 bits per heavy atom. The van der Waals surface area contributed by atoms with Crippen LogP contribution in [0.2, 0.25) is 0 Å². The molecule has 0 saturated heterocycles. The van der Waals surface area contributed by atoms with Crippen LogP contribution in [0, 0.1) is 5.82 Å². The molecule has 0 bridgehead atoms. The molecule has 2 heterocycles. The van der Waals surface area contributed by atoms with Gasteiger partial charge in [0, 0.05) is 30.1 Å². The fourth-order valence-corrected chi connectivity index (χ4v) is 7.75. The van der Waals surface area contributed by atoms with Gasteiger partial charge in [-0.15, -0.1) is 10.2 Å². The number of aliphatic hydroxyl groups is 2. The summed E-state index contributed by atoms with van der Waals surface area (Å²) >= 11 is 1.44. The number of ether oxygens (including phenoxy) is 1. The third kappa shape index (κ3) is 12.8. The molecule has 1 aliphatic carbocycles. The molecule has 6 rings (SSSR count). The van der Waals surface area contributed by atoms with Crippen LogP contribution in [0.3, 0.4) is 0 Å². The van der Waals surface area contributed by atoms with Gasteiger partial charge in [-0.1, -0.05) is 74.1 Å². The number of likely N-dealkylation sites (N-methyl/N-ethyl adjacent to an activating group) is 2. The maximum Gasteiger partial charge on any atom is 0.416 e. The van der Waals surface area contributed by atoms with Crippen molar-refractivity contribution < 1.29 is 47.2 Å². The number of carboxylic acids is 1. The summed E-state index contributed by atoms with van der Waals surface area (Å²) in [6.07, 6.45) is -6.16. The van der Waals surface area contributed by atoms with E-state index in [4.69, 9.17) is 20.4 Å². The number of halogens is 4. The standard InChI is InChI=1S/C39H43F4N7OS.C4H6O6/c1-4-48(5-2)22-21-47(3)24-35-45-46-36(50(35)23-27-9-13-29(14-10-27)30-15-17-31(18-16-30)39(41,42)43)25-49-34-8-6-7-33(34)37(51)44-38(49)52-26-28-11-19-32(40)20-12-28;5-1-10-4(9)2(6)3(7)8/h9-20H,4-8,21-26H2,1-3H3;1-2,4,6,9H,(H,7,8). The summed E-state index contributed by atoms with van der Waals surface area (Å²) in [4.78, 5) is 41.5. The summed E-state index contributed by atoms with van der Waals surface area (Å²) in [5.74, 6) is 0.0855. The van der Waals surface area contributed by atoms with Crippen LogP contribution in [0.15, 0.2) is 82.7 Å². The predicted octanol–water partition coefficient (Wildman–Crippen LogP) is 5.23. The van der Waals surface area contributed by atoms with E-state index >= 15 is 0 Å². The first-order valence-electron chi connectivity index (χ1n) is 19.9. The third-order valence-corrected chi connectivity index (χ3v) is 11.4. The lowest BCUT2D eigenvalue weighted by atomic mass is 10.0. The molecule has 1 aliphatic rings. The van der Waals surface area contributed by atoms with Gasteiger partial charge in [-0.05, 0) is 85.9 Å². The zero-order valence-corrected chi connectivity index (χ0v) is 35.3. The van der Waals surface area contributed by atoms with Gasteiger partial charge in [0.15, 0.2) is 11.0 Å². The summed E-state index contributed by atoms with van der Waals surface area (Å²) in [5.41, 5.74) is 4.26. The molecule has 0 spiro atoms. The van der Waals surface area contributed by atoms with Crippen molar-refractivity contribution in [3.05, 3.63) is 129 Å². The number of aliphatic carboxylic acids is 1. The van der Waals surface area contributed by atoms with E-state index in [-0.39, 0.29) is 17.8 Å². The third-order valence-electron chi connectivity index (χ3n) is 10.3. The Labute approximate surface area is 359 Å². The van der Waals surface area contributed by atoms with Crippen molar-refractivity contribution in [1.82, 2.24) is 34.1 Å². The largest absolute Gasteiger partial charge is 0.479 e. The van der Waals surface area contributed by atoms with Gasteiger partial charge in [-0.25, -0.2) is 9.18 Å². The minimum atomic E-state index is -4.39. The molecule has 332 valence electrons. The Morgan fingerprint density at radius 3 is 2.10 bits per heavy atom. The Kier molecular flexibility index (Phi) is 16.9. The number of rotatable bonds is 19. The van der Waals surface area contributed by atoms with Crippen LogP contribution >= 0.6 is 11.8 Å². The highest BCUT2D eigenvalue weighted by molar-refractivity contribution is 7.98. The van der Waals surface area contributed by atoms with Gasteiger partial charge >= 0.3 is 12.1 Å². The Hall–Kier alpha value is -5.47. The lowest BCUT2D eigenvalue weighted by molar-refractivity contribution is -0.185. The number of thioether (sulfide) groups is 1. The molecule has 0 aliphatic heterocycles. The number of aliphatic hydroxyl groups excluding tert-OH is 2. The molecule has 14 nitrogen and oxygen atoms in total. The number of hydrogen-bond acceptors (Lipinski definition) is 12. The van der Waals surface area contributed by atoms with Gasteiger partial charge in [0.25, 0.3) is 12.0 Å². The monoisotopic (exact) mass is 883 g/mol. The van der Waals surface area contributed by atoms with E-state index in [1.807, 2.05) is 24.3 Å². The maximum absolute atomic E-state index is 13.6. The summed E-state index contributed by atoms with van der Waals surface area (Å²) in [6, 6.07) is 19.3. The quantitative estimate of drug-likeness (QED) is 0.0324. The molecule has 0 radical (unpaired) electrons. The van der Waals surface area contributed by atoms with E-state index in [2.05, 4.69) is 54.6 Å². The summed E-state index contributed by atoms with van der Waals surface area (Å²) in [5, 5.41) is 34.7. The van der Waals surface area contributed by atoms with Crippen molar-refractivity contribution in [2.45, 2.75) is 82.2 Å². The van der Waals surface area contributed by atoms with Crippen molar-refractivity contribution in [3.63, 3.8) is 0 Å². The van der Waals surface area contributed by atoms with Crippen LogP contribution in [0.1, 0.15) is 59.9 Å². The molecule has 0 saturated carbocycles. The van der Waals surface area contributed by atoms with Crippen LogP contribution in [0.4, 0.5) is 17.6 Å². The first-order chi connectivity index (χ1) is 29.6. The highest BCUT2D eigenvalue weighted by Crippen LogP contribution is 2.32. The average Bonchev–Trinajstić information content (AvgIpc) is 3.90. The highest BCUT2D eigenvalue weighted by Gasteiger charge is 2.30. The maximum atomic E-state index is 13.6. The zero-order valence-electron chi connectivity index (χ0n) is 34.5. The Balaban J connectivity index is 0.000000646. The number of fused-ring (bicyclic) bond motifs is 1. The zero-order chi connectivity index (χ0) is 45.0. The van der Waals surface area contributed by atoms with E-state index in [1.54, 1.807) is 12.1 Å². The Morgan fingerprint density at radius 2 is 1.50 bits per heavy atom. The molecule has 0 amide bonds. The van der Waals surface area contributed by atoms with E-state index in [1.165, 1.54) is 36.0 Å². The molecule has 19 heteroatoms. The van der Waals surface area contributed by atoms with Crippen molar-refractivity contribution in [2.24, 2.45) is 0 Å². The fraction of sp³-hybridized carbons (Fsp3) is 0.395. The number of aromatic nitrogens is 5. The lowest BCUT2D eigenvalue weighted by Gasteiger charge is -2.23. The van der Waals surface area contributed by atoms with Gasteiger partial charge in [0.1, 0.15) is 11.6 Å². The second-order valence-electron chi connectivity index (χ2n) is 14.5. The summed E-state index contributed by atoms with van der Waals surface area (Å²) in [6.45, 7) is 9.31. The van der Waals surface area contributed by atoms with Gasteiger partial charge in [-0.2, -0.15) is 18.2 Å². The second kappa shape index (κ2) is 22.1. The highest BCUT2D eigenvalue weighted by atomic mass is 32.2.